The smallest absolute Gasteiger partial charge is 0.206 e. The summed E-state index contributed by atoms with van der Waals surface area (Å²) in [6.07, 6.45) is 3.90. The Morgan fingerprint density at radius 1 is 1.33 bits per heavy atom. The van der Waals surface area contributed by atoms with E-state index < -0.39 is 10.0 Å². The number of thiophene rings is 1. The molecule has 0 aromatic carbocycles. The largest absolute Gasteiger partial charge is 0.252 e. The van der Waals surface area contributed by atoms with Gasteiger partial charge in [-0.2, -0.15) is 4.31 Å². The molecule has 1 fully saturated rings. The van der Waals surface area contributed by atoms with Crippen molar-refractivity contribution in [3.05, 3.63) is 17.0 Å². The van der Waals surface area contributed by atoms with Gasteiger partial charge in [0.05, 0.1) is 5.38 Å². The van der Waals surface area contributed by atoms with E-state index >= 15 is 0 Å². The molecule has 1 saturated carbocycles. The van der Waals surface area contributed by atoms with Gasteiger partial charge < -0.3 is 0 Å². The molecular weight excluding hydrogens is 290 g/mol. The van der Waals surface area contributed by atoms with Gasteiger partial charge in [-0.3, -0.25) is 0 Å². The second kappa shape index (κ2) is 5.49. The molecule has 6 heteroatoms. The van der Waals surface area contributed by atoms with Crippen LogP contribution in [-0.2, 0) is 10.0 Å². The fourth-order valence-electron chi connectivity index (χ4n) is 2.35. The van der Waals surface area contributed by atoms with E-state index in [4.69, 9.17) is 11.6 Å². The summed E-state index contributed by atoms with van der Waals surface area (Å²) in [6, 6.07) is 3.44. The van der Waals surface area contributed by atoms with Crippen molar-refractivity contribution in [1.29, 1.82) is 0 Å². The monoisotopic (exact) mass is 307 g/mol. The highest BCUT2D eigenvalue weighted by Crippen LogP contribution is 2.31. The minimum atomic E-state index is -3.38. The summed E-state index contributed by atoms with van der Waals surface area (Å²) in [5, 5.41) is -0.0698. The van der Waals surface area contributed by atoms with Gasteiger partial charge in [0.15, 0.2) is 0 Å². The van der Waals surface area contributed by atoms with Crippen LogP contribution in [0, 0.1) is 6.92 Å². The second-order valence-corrected chi connectivity index (χ2v) is 8.83. The third-order valence-corrected chi connectivity index (χ3v) is 7.32. The number of sulfonamides is 1. The van der Waals surface area contributed by atoms with E-state index in [9.17, 15) is 8.42 Å². The molecule has 0 saturated heterocycles. The molecule has 2 atom stereocenters. The van der Waals surface area contributed by atoms with Crippen LogP contribution in [0.3, 0.4) is 0 Å². The fourth-order valence-corrected chi connectivity index (χ4v) is 5.75. The highest BCUT2D eigenvalue weighted by atomic mass is 35.5. The summed E-state index contributed by atoms with van der Waals surface area (Å²) in [5.74, 6) is 0. The summed E-state index contributed by atoms with van der Waals surface area (Å²) < 4.78 is 26.8. The highest BCUT2D eigenvalue weighted by Gasteiger charge is 2.34. The van der Waals surface area contributed by atoms with Gasteiger partial charge in [-0.25, -0.2) is 8.42 Å². The Hall–Kier alpha value is -0.100. The molecule has 1 aliphatic carbocycles. The molecule has 1 aromatic heterocycles. The molecule has 0 radical (unpaired) electrons. The maximum Gasteiger partial charge on any atom is 0.252 e. The van der Waals surface area contributed by atoms with Crippen molar-refractivity contribution >= 4 is 33.0 Å². The van der Waals surface area contributed by atoms with Gasteiger partial charge in [-0.05, 0) is 31.9 Å². The Bertz CT molecular complexity index is 512. The number of nitrogens with zero attached hydrogens (tertiary/aromatic N) is 1. The summed E-state index contributed by atoms with van der Waals surface area (Å²) in [6.45, 7) is 1.91. The van der Waals surface area contributed by atoms with Crippen LogP contribution in [-0.4, -0.2) is 31.2 Å². The Morgan fingerprint density at radius 3 is 2.56 bits per heavy atom. The lowest BCUT2D eigenvalue weighted by molar-refractivity contribution is 0.291. The van der Waals surface area contributed by atoms with E-state index in [0.29, 0.717) is 4.21 Å². The number of aryl methyl sites for hydroxylation is 1. The van der Waals surface area contributed by atoms with E-state index in [2.05, 4.69) is 0 Å². The Kier molecular flexibility index (Phi) is 4.36. The summed E-state index contributed by atoms with van der Waals surface area (Å²) in [5.41, 5.74) is 0. The van der Waals surface area contributed by atoms with Crippen LogP contribution in [0.4, 0.5) is 0 Å². The lowest BCUT2D eigenvalue weighted by atomic mass is 9.95. The number of alkyl halides is 1. The van der Waals surface area contributed by atoms with Gasteiger partial charge >= 0.3 is 0 Å². The molecule has 0 amide bonds. The van der Waals surface area contributed by atoms with Crippen LogP contribution >= 0.6 is 22.9 Å². The molecule has 0 spiro atoms. The first-order chi connectivity index (χ1) is 8.43. The third kappa shape index (κ3) is 2.74. The first-order valence-corrected chi connectivity index (χ1v) is 8.81. The summed E-state index contributed by atoms with van der Waals surface area (Å²) >= 11 is 7.59. The predicted octanol–water partition coefficient (Wildman–Crippen LogP) is 3.23. The van der Waals surface area contributed by atoms with Crippen LogP contribution in [0.5, 0.6) is 0 Å². The van der Waals surface area contributed by atoms with Crippen molar-refractivity contribution in [1.82, 2.24) is 4.31 Å². The molecule has 102 valence electrons. The van der Waals surface area contributed by atoms with Gasteiger partial charge in [0, 0.05) is 18.0 Å². The molecule has 1 aliphatic rings. The molecule has 0 aliphatic heterocycles. The Morgan fingerprint density at radius 2 is 2.00 bits per heavy atom. The minimum Gasteiger partial charge on any atom is -0.206 e. The minimum absolute atomic E-state index is 0.0698. The van der Waals surface area contributed by atoms with Crippen molar-refractivity contribution < 1.29 is 8.42 Å². The molecule has 0 N–H and O–H groups in total. The average Bonchev–Trinajstić information content (AvgIpc) is 2.76. The predicted molar refractivity (Wildman–Crippen MR) is 75.9 cm³/mol. The van der Waals surface area contributed by atoms with E-state index in [0.717, 1.165) is 30.6 Å². The lowest BCUT2D eigenvalue weighted by Crippen LogP contribution is -2.43. The van der Waals surface area contributed by atoms with Crippen molar-refractivity contribution in [2.45, 2.75) is 48.2 Å². The van der Waals surface area contributed by atoms with Crippen LogP contribution in [0.1, 0.15) is 30.6 Å². The van der Waals surface area contributed by atoms with Crippen LogP contribution in [0.15, 0.2) is 16.3 Å². The van der Waals surface area contributed by atoms with Gasteiger partial charge in [0.2, 0.25) is 0 Å². The van der Waals surface area contributed by atoms with Crippen molar-refractivity contribution in [3.63, 3.8) is 0 Å². The van der Waals surface area contributed by atoms with Crippen LogP contribution in [0.25, 0.3) is 0 Å². The zero-order valence-electron chi connectivity index (χ0n) is 10.6. The SMILES string of the molecule is Cc1ccc(S(=O)(=O)N(C)C2CCCCC2Cl)s1. The fraction of sp³-hybridized carbons (Fsp3) is 0.667. The van der Waals surface area contributed by atoms with Gasteiger partial charge in [0.25, 0.3) is 10.0 Å². The van der Waals surface area contributed by atoms with E-state index in [1.807, 2.05) is 13.0 Å². The van der Waals surface area contributed by atoms with E-state index in [1.54, 1.807) is 13.1 Å². The van der Waals surface area contributed by atoms with Crippen LogP contribution in [0.2, 0.25) is 0 Å². The Balaban J connectivity index is 2.24. The zero-order valence-corrected chi connectivity index (χ0v) is 13.0. The summed E-state index contributed by atoms with van der Waals surface area (Å²) in [7, 11) is -1.73. The topological polar surface area (TPSA) is 37.4 Å². The molecule has 2 rings (SSSR count). The van der Waals surface area contributed by atoms with E-state index in [1.165, 1.54) is 15.6 Å². The highest BCUT2D eigenvalue weighted by molar-refractivity contribution is 7.91. The first-order valence-electron chi connectivity index (χ1n) is 6.11. The van der Waals surface area contributed by atoms with Gasteiger partial charge in [-0.15, -0.1) is 22.9 Å². The molecule has 0 bridgehead atoms. The zero-order chi connectivity index (χ0) is 13.3. The standard InChI is InChI=1S/C12H18ClNO2S2/c1-9-7-8-12(17-9)18(15,16)14(2)11-6-4-3-5-10(11)13/h7-8,10-11H,3-6H2,1-2H3. The van der Waals surface area contributed by atoms with Gasteiger partial charge in [-0.1, -0.05) is 12.8 Å². The summed E-state index contributed by atoms with van der Waals surface area (Å²) in [4.78, 5) is 1.01. The molecular formula is C12H18ClNO2S2. The Labute approximate surface area is 118 Å². The number of hydrogen-bond donors (Lipinski definition) is 0. The number of rotatable bonds is 3. The van der Waals surface area contributed by atoms with Crippen LogP contribution < -0.4 is 0 Å². The lowest BCUT2D eigenvalue weighted by Gasteiger charge is -2.33. The van der Waals surface area contributed by atoms with Crippen molar-refractivity contribution in [2.24, 2.45) is 0 Å². The quantitative estimate of drug-likeness (QED) is 0.804. The molecule has 1 heterocycles. The molecule has 1 aromatic rings. The number of halogens is 1. The van der Waals surface area contributed by atoms with Crippen molar-refractivity contribution in [2.75, 3.05) is 7.05 Å². The maximum absolute atomic E-state index is 12.5. The normalized spacial score (nSPS) is 25.6. The first kappa shape index (κ1) is 14.3. The van der Waals surface area contributed by atoms with Crippen molar-refractivity contribution in [3.8, 4) is 0 Å². The molecule has 3 nitrogen and oxygen atoms in total. The van der Waals surface area contributed by atoms with E-state index in [-0.39, 0.29) is 11.4 Å². The second-order valence-electron chi connectivity index (χ2n) is 4.75. The third-order valence-electron chi connectivity index (χ3n) is 3.46. The average molecular weight is 308 g/mol. The van der Waals surface area contributed by atoms with Gasteiger partial charge in [0.1, 0.15) is 4.21 Å². The molecule has 2 unspecified atom stereocenters. The molecule has 18 heavy (non-hydrogen) atoms. The number of hydrogen-bond acceptors (Lipinski definition) is 3. The maximum atomic E-state index is 12.5.